The number of hydrogen-bond acceptors (Lipinski definition) is 8. The number of alkyl halides is 2. The third kappa shape index (κ3) is 6.04. The maximum Gasteiger partial charge on any atom is 0.261 e. The van der Waals surface area contributed by atoms with Gasteiger partial charge in [0, 0.05) is 55.9 Å². The van der Waals surface area contributed by atoms with Crippen LogP contribution in [0.2, 0.25) is 0 Å². The highest BCUT2D eigenvalue weighted by Crippen LogP contribution is 2.32. The van der Waals surface area contributed by atoms with Crippen LogP contribution in [-0.4, -0.2) is 71.7 Å². The van der Waals surface area contributed by atoms with Crippen molar-refractivity contribution in [2.45, 2.75) is 37.0 Å². The number of nitrogens with one attached hydrogen (secondary N) is 2. The first-order chi connectivity index (χ1) is 16.5. The molecule has 2 N–H and O–H groups in total. The minimum absolute atomic E-state index is 0.0680. The van der Waals surface area contributed by atoms with Gasteiger partial charge in [0.05, 0.1) is 28.6 Å². The minimum atomic E-state index is -2.96. The highest BCUT2D eigenvalue weighted by atomic mass is 32.2. The molecule has 9 nitrogen and oxygen atoms in total. The Balaban J connectivity index is 1.71. The van der Waals surface area contributed by atoms with E-state index in [0.717, 1.165) is 0 Å². The number of hydrogen-bond donors (Lipinski definition) is 2. The molecule has 190 valence electrons. The average Bonchev–Trinajstić information content (AvgIpc) is 2.99. The molecule has 1 atom stereocenters. The van der Waals surface area contributed by atoms with Crippen LogP contribution in [0.15, 0.2) is 29.2 Å². The number of ether oxygens (including phenoxy) is 1. The van der Waals surface area contributed by atoms with Gasteiger partial charge in [-0.3, -0.25) is 4.79 Å². The Bertz CT molecular complexity index is 1200. The molecule has 0 aliphatic carbocycles. The number of morpholine rings is 1. The summed E-state index contributed by atoms with van der Waals surface area (Å²) in [7, 11) is -2.96. The second kappa shape index (κ2) is 10.0. The van der Waals surface area contributed by atoms with Crippen LogP contribution in [-0.2, 0) is 14.5 Å². The first-order valence-electron chi connectivity index (χ1n) is 11.5. The molecule has 2 fully saturated rings. The van der Waals surface area contributed by atoms with Crippen LogP contribution < -0.4 is 15.1 Å². The van der Waals surface area contributed by atoms with Gasteiger partial charge in [0.25, 0.3) is 5.91 Å². The Morgan fingerprint density at radius 3 is 2.60 bits per heavy atom. The number of amides is 1. The Morgan fingerprint density at radius 2 is 1.89 bits per heavy atom. The van der Waals surface area contributed by atoms with Crippen molar-refractivity contribution in [3.05, 3.63) is 35.5 Å². The lowest BCUT2D eigenvalue weighted by atomic mass is 10.1. The molecule has 2 aliphatic rings. The zero-order chi connectivity index (χ0) is 25.2. The minimum Gasteiger partial charge on any atom is -0.378 e. The fourth-order valence-electron chi connectivity index (χ4n) is 4.23. The molecular weight excluding hydrogens is 478 g/mol. The van der Waals surface area contributed by atoms with Crippen LogP contribution >= 0.6 is 0 Å². The molecule has 1 aromatic heterocycles. The first-order valence-corrected chi connectivity index (χ1v) is 13.5. The van der Waals surface area contributed by atoms with Gasteiger partial charge in [0.1, 0.15) is 11.4 Å². The maximum absolute atomic E-state index is 14.1. The predicted octanol–water partition coefficient (Wildman–Crippen LogP) is 3.53. The molecule has 1 aromatic carbocycles. The van der Waals surface area contributed by atoms with Crippen LogP contribution in [0.1, 0.15) is 35.3 Å². The van der Waals surface area contributed by atoms with Gasteiger partial charge in [-0.25, -0.2) is 22.8 Å². The van der Waals surface area contributed by atoms with Crippen molar-refractivity contribution >= 4 is 33.1 Å². The van der Waals surface area contributed by atoms with Crippen LogP contribution in [0.3, 0.4) is 0 Å². The maximum atomic E-state index is 14.1. The normalized spacial score (nSPS) is 20.1. The summed E-state index contributed by atoms with van der Waals surface area (Å²) in [5, 5.41) is 2.79. The lowest BCUT2D eigenvalue weighted by molar-refractivity contribution is -0.0102. The number of halogens is 2. The summed E-state index contributed by atoms with van der Waals surface area (Å²) in [4.78, 5) is 26.7. The highest BCUT2D eigenvalue weighted by molar-refractivity contribution is 7.91. The smallest absolute Gasteiger partial charge is 0.261 e. The number of carbonyl (C=O) groups is 1. The van der Waals surface area contributed by atoms with Gasteiger partial charge in [0.15, 0.2) is 0 Å². The van der Waals surface area contributed by atoms with Gasteiger partial charge >= 0.3 is 0 Å². The number of benzene rings is 1. The van der Waals surface area contributed by atoms with Crippen molar-refractivity contribution in [2.75, 3.05) is 60.8 Å². The number of aryl methyl sites for hydroxylation is 1. The van der Waals surface area contributed by atoms with Crippen LogP contribution in [0.25, 0.3) is 0 Å². The molecule has 3 heterocycles. The summed E-state index contributed by atoms with van der Waals surface area (Å²) in [6.45, 7) is 4.37. The summed E-state index contributed by atoms with van der Waals surface area (Å²) < 4.78 is 53.5. The molecule has 4 rings (SSSR count). The van der Waals surface area contributed by atoms with E-state index in [1.165, 1.54) is 12.3 Å². The van der Waals surface area contributed by atoms with Gasteiger partial charge in [-0.15, -0.1) is 0 Å². The largest absolute Gasteiger partial charge is 0.378 e. The summed E-state index contributed by atoms with van der Waals surface area (Å²) in [6, 6.07) is 6.32. The van der Waals surface area contributed by atoms with Crippen molar-refractivity contribution in [1.82, 2.24) is 9.97 Å². The van der Waals surface area contributed by atoms with Crippen LogP contribution in [0.4, 0.5) is 26.2 Å². The van der Waals surface area contributed by atoms with Gasteiger partial charge in [-0.1, -0.05) is 6.07 Å². The van der Waals surface area contributed by atoms with Crippen molar-refractivity contribution in [3.63, 3.8) is 0 Å². The number of aromatic nitrogens is 2. The zero-order valence-electron chi connectivity index (χ0n) is 19.9. The number of nitrogens with zero attached hydrogens (tertiary/aromatic N) is 4. The quantitative estimate of drug-likeness (QED) is 0.636. The van der Waals surface area contributed by atoms with Crippen molar-refractivity contribution in [2.24, 2.45) is 0 Å². The lowest BCUT2D eigenvalue weighted by Gasteiger charge is -2.30. The summed E-state index contributed by atoms with van der Waals surface area (Å²) in [5.41, 5.74) is 1.01. The fourth-order valence-corrected chi connectivity index (χ4v) is 4.92. The van der Waals surface area contributed by atoms with Crippen LogP contribution in [0.5, 0.6) is 0 Å². The van der Waals surface area contributed by atoms with E-state index in [0.29, 0.717) is 60.9 Å². The molecule has 1 amide bonds. The van der Waals surface area contributed by atoms with E-state index in [4.69, 9.17) is 14.5 Å². The van der Waals surface area contributed by atoms with Crippen molar-refractivity contribution in [3.8, 4) is 0 Å². The lowest BCUT2D eigenvalue weighted by Crippen LogP contribution is -2.38. The Hall–Kier alpha value is -2.86. The van der Waals surface area contributed by atoms with Crippen molar-refractivity contribution in [1.29, 1.82) is 4.78 Å². The SMILES string of the molecule is Cc1nc(N2CCOCC2)nc(N2CCCC(F)(F)CC2)c1C(=O)Nc1cccc([S@](C)(=N)=O)c1. The fraction of sp³-hybridized carbons (Fsp3) is 0.522. The third-order valence-corrected chi connectivity index (χ3v) is 7.29. The number of anilines is 3. The molecule has 0 spiro atoms. The van der Waals surface area contributed by atoms with Gasteiger partial charge < -0.3 is 19.9 Å². The molecule has 0 unspecified atom stereocenters. The van der Waals surface area contributed by atoms with Gasteiger partial charge in [-0.05, 0) is 31.5 Å². The van der Waals surface area contributed by atoms with E-state index in [1.54, 1.807) is 30.0 Å². The topological polar surface area (TPSA) is 112 Å². The molecule has 0 bridgehead atoms. The number of carbonyl (C=O) groups excluding carboxylic acids is 1. The van der Waals surface area contributed by atoms with Gasteiger partial charge in [0.2, 0.25) is 11.9 Å². The average molecular weight is 509 g/mol. The van der Waals surface area contributed by atoms with E-state index < -0.39 is 21.6 Å². The number of rotatable bonds is 5. The van der Waals surface area contributed by atoms with E-state index in [2.05, 4.69) is 10.3 Å². The van der Waals surface area contributed by atoms with E-state index >= 15 is 0 Å². The highest BCUT2D eigenvalue weighted by Gasteiger charge is 2.34. The zero-order valence-corrected chi connectivity index (χ0v) is 20.7. The second-order valence-electron chi connectivity index (χ2n) is 8.93. The molecule has 0 radical (unpaired) electrons. The van der Waals surface area contributed by atoms with E-state index in [-0.39, 0.29) is 31.4 Å². The molecular formula is C23H30F2N6O3S. The Labute approximate surface area is 203 Å². The summed E-state index contributed by atoms with van der Waals surface area (Å²) >= 11 is 0. The third-order valence-electron chi connectivity index (χ3n) is 6.14. The summed E-state index contributed by atoms with van der Waals surface area (Å²) in [6.07, 6.45) is 1.06. The van der Waals surface area contributed by atoms with Crippen LogP contribution in [0, 0.1) is 11.7 Å². The predicted molar refractivity (Wildman–Crippen MR) is 130 cm³/mol. The second-order valence-corrected chi connectivity index (χ2v) is 11.1. The van der Waals surface area contributed by atoms with Crippen molar-refractivity contribution < 1.29 is 22.5 Å². The molecule has 2 aliphatic heterocycles. The monoisotopic (exact) mass is 508 g/mol. The van der Waals surface area contributed by atoms with E-state index in [1.807, 2.05) is 4.90 Å². The molecule has 2 aromatic rings. The molecule has 2 saturated heterocycles. The first kappa shape index (κ1) is 25.2. The Kier molecular flexibility index (Phi) is 7.22. The standard InChI is InChI=1S/C23H30F2N6O3S/c1-16-19(21(32)28-17-5-3-6-18(15-17)35(2,26)33)20(30-9-4-7-23(24,25)8-10-30)29-22(27-16)31-11-13-34-14-12-31/h3,5-6,15,26H,4,7-14H2,1-2H3,(H,28,32)/t35-/m1/s1. The van der Waals surface area contributed by atoms with Gasteiger partial charge in [-0.2, -0.15) is 4.98 Å². The molecule has 35 heavy (non-hydrogen) atoms. The molecule has 12 heteroatoms. The molecule has 0 saturated carbocycles. The van der Waals surface area contributed by atoms with E-state index in [9.17, 15) is 17.8 Å². The Morgan fingerprint density at radius 1 is 1.14 bits per heavy atom. The summed E-state index contributed by atoms with van der Waals surface area (Å²) in [5.74, 6) is -2.48.